The van der Waals surface area contributed by atoms with Crippen LogP contribution in [0.2, 0.25) is 5.02 Å². The van der Waals surface area contributed by atoms with Crippen molar-refractivity contribution in [3.63, 3.8) is 0 Å². The summed E-state index contributed by atoms with van der Waals surface area (Å²) >= 11 is 6.24. The largest absolute Gasteiger partial charge is 0.435 e. The number of hydrogen-bond donors (Lipinski definition) is 2. The van der Waals surface area contributed by atoms with Crippen molar-refractivity contribution < 1.29 is 14.0 Å². The van der Waals surface area contributed by atoms with Crippen LogP contribution in [0, 0.1) is 12.8 Å². The second-order valence-corrected chi connectivity index (χ2v) is 7.10. The van der Waals surface area contributed by atoms with Gasteiger partial charge in [0.1, 0.15) is 5.82 Å². The molecule has 0 saturated heterocycles. The SMILES string of the molecule is Cc1cnc(NC(=O)C2CC2)cc1-c1nc(C(N)=O)c(-c2ccccc2Cl)o1. The molecule has 7 nitrogen and oxygen atoms in total. The fourth-order valence-electron chi connectivity index (χ4n) is 2.83. The minimum Gasteiger partial charge on any atom is -0.435 e. The number of pyridine rings is 1. The van der Waals surface area contributed by atoms with Gasteiger partial charge in [0.2, 0.25) is 11.8 Å². The van der Waals surface area contributed by atoms with Crippen LogP contribution in [0.3, 0.4) is 0 Å². The fourth-order valence-corrected chi connectivity index (χ4v) is 3.05. The molecule has 0 bridgehead atoms. The Labute approximate surface area is 165 Å². The van der Waals surface area contributed by atoms with Crippen LogP contribution in [0.1, 0.15) is 28.9 Å². The van der Waals surface area contributed by atoms with E-state index in [4.69, 9.17) is 21.8 Å². The van der Waals surface area contributed by atoms with Gasteiger partial charge in [-0.15, -0.1) is 0 Å². The molecule has 0 radical (unpaired) electrons. The third kappa shape index (κ3) is 3.48. The first-order chi connectivity index (χ1) is 13.4. The molecule has 2 aromatic heterocycles. The molecule has 1 aliphatic rings. The topological polar surface area (TPSA) is 111 Å². The lowest BCUT2D eigenvalue weighted by atomic mass is 10.1. The summed E-state index contributed by atoms with van der Waals surface area (Å²) in [7, 11) is 0. The predicted molar refractivity (Wildman–Crippen MR) is 105 cm³/mol. The molecule has 1 aromatic carbocycles. The Bertz CT molecular complexity index is 1090. The number of aromatic nitrogens is 2. The van der Waals surface area contributed by atoms with E-state index in [9.17, 15) is 9.59 Å². The Morgan fingerprint density at radius 3 is 2.68 bits per heavy atom. The highest BCUT2D eigenvalue weighted by atomic mass is 35.5. The molecule has 2 amide bonds. The number of nitrogens with one attached hydrogen (secondary N) is 1. The minimum atomic E-state index is -0.723. The molecule has 8 heteroatoms. The second-order valence-electron chi connectivity index (χ2n) is 6.69. The van der Waals surface area contributed by atoms with Gasteiger partial charge in [0, 0.05) is 23.2 Å². The highest BCUT2D eigenvalue weighted by molar-refractivity contribution is 6.33. The highest BCUT2D eigenvalue weighted by Gasteiger charge is 2.30. The minimum absolute atomic E-state index is 0.0112. The molecular formula is C20H17ClN4O3. The number of rotatable bonds is 5. The summed E-state index contributed by atoms with van der Waals surface area (Å²) in [6.45, 7) is 1.83. The number of halogens is 1. The van der Waals surface area contributed by atoms with Crippen molar-refractivity contribution in [1.29, 1.82) is 0 Å². The summed E-state index contributed by atoms with van der Waals surface area (Å²) in [5.74, 6) is 0.0822. The Morgan fingerprint density at radius 2 is 2.00 bits per heavy atom. The zero-order valence-electron chi connectivity index (χ0n) is 15.0. The van der Waals surface area contributed by atoms with Crippen LogP contribution < -0.4 is 11.1 Å². The molecule has 4 rings (SSSR count). The zero-order valence-corrected chi connectivity index (χ0v) is 15.8. The van der Waals surface area contributed by atoms with Gasteiger partial charge in [0.25, 0.3) is 5.91 Å². The first-order valence-corrected chi connectivity index (χ1v) is 9.15. The van der Waals surface area contributed by atoms with Crippen molar-refractivity contribution in [3.05, 3.63) is 52.8 Å². The number of aryl methyl sites for hydroxylation is 1. The third-order valence-corrected chi connectivity index (χ3v) is 4.84. The van der Waals surface area contributed by atoms with Gasteiger partial charge in [-0.3, -0.25) is 9.59 Å². The van der Waals surface area contributed by atoms with E-state index in [0.717, 1.165) is 18.4 Å². The Balaban J connectivity index is 1.77. The summed E-state index contributed by atoms with van der Waals surface area (Å²) in [4.78, 5) is 32.5. The molecule has 0 aliphatic heterocycles. The average molecular weight is 397 g/mol. The number of carbonyl (C=O) groups excluding carboxylic acids is 2. The fraction of sp³-hybridized carbons (Fsp3) is 0.200. The van der Waals surface area contributed by atoms with E-state index < -0.39 is 5.91 Å². The van der Waals surface area contributed by atoms with E-state index in [0.29, 0.717) is 22.0 Å². The number of primary amides is 1. The molecule has 0 spiro atoms. The quantitative estimate of drug-likeness (QED) is 0.681. The van der Waals surface area contributed by atoms with Crippen molar-refractivity contribution in [3.8, 4) is 22.8 Å². The summed E-state index contributed by atoms with van der Waals surface area (Å²) in [5, 5.41) is 3.21. The standard InChI is InChI=1S/C20H17ClN4O3/c1-10-9-23-15(24-19(27)11-6-7-11)8-13(10)20-25-16(18(22)26)17(28-20)12-4-2-3-5-14(12)21/h2-5,8-9,11H,6-7H2,1H3,(H2,22,26)(H,23,24,27). The average Bonchev–Trinajstić information content (AvgIpc) is 3.43. The van der Waals surface area contributed by atoms with E-state index >= 15 is 0 Å². The number of benzene rings is 1. The summed E-state index contributed by atoms with van der Waals surface area (Å²) in [5.41, 5.74) is 7.37. The van der Waals surface area contributed by atoms with Crippen LogP contribution in [-0.2, 0) is 4.79 Å². The van der Waals surface area contributed by atoms with Gasteiger partial charge in [-0.2, -0.15) is 0 Å². The van der Waals surface area contributed by atoms with Gasteiger partial charge in [0.15, 0.2) is 11.5 Å². The van der Waals surface area contributed by atoms with E-state index in [1.54, 1.807) is 36.5 Å². The number of amides is 2. The van der Waals surface area contributed by atoms with Crippen molar-refractivity contribution in [1.82, 2.24) is 9.97 Å². The first-order valence-electron chi connectivity index (χ1n) is 8.77. The smallest absolute Gasteiger partial charge is 0.271 e. The molecule has 0 atom stereocenters. The summed E-state index contributed by atoms with van der Waals surface area (Å²) in [6.07, 6.45) is 3.40. The third-order valence-electron chi connectivity index (χ3n) is 4.51. The number of nitrogens with zero attached hydrogens (tertiary/aromatic N) is 2. The first kappa shape index (κ1) is 18.2. The van der Waals surface area contributed by atoms with Crippen molar-refractivity contribution in [2.45, 2.75) is 19.8 Å². The van der Waals surface area contributed by atoms with Crippen LogP contribution in [0.25, 0.3) is 22.8 Å². The number of oxazole rings is 1. The molecule has 0 unspecified atom stereocenters. The maximum Gasteiger partial charge on any atom is 0.271 e. The molecule has 3 N–H and O–H groups in total. The van der Waals surface area contributed by atoms with Gasteiger partial charge in [-0.1, -0.05) is 23.7 Å². The number of hydrogen-bond acceptors (Lipinski definition) is 5. The molecule has 1 fully saturated rings. The van der Waals surface area contributed by atoms with Gasteiger partial charge in [-0.05, 0) is 43.5 Å². The highest BCUT2D eigenvalue weighted by Crippen LogP contribution is 2.35. The van der Waals surface area contributed by atoms with Crippen LogP contribution in [-0.4, -0.2) is 21.8 Å². The van der Waals surface area contributed by atoms with Gasteiger partial charge >= 0.3 is 0 Å². The second kappa shape index (κ2) is 7.09. The monoisotopic (exact) mass is 396 g/mol. The van der Waals surface area contributed by atoms with Crippen molar-refractivity contribution >= 4 is 29.2 Å². The van der Waals surface area contributed by atoms with Gasteiger partial charge < -0.3 is 15.5 Å². The van der Waals surface area contributed by atoms with Crippen LogP contribution in [0.4, 0.5) is 5.82 Å². The molecule has 142 valence electrons. The molecule has 3 aromatic rings. The normalized spacial score (nSPS) is 13.4. The molecule has 2 heterocycles. The lowest BCUT2D eigenvalue weighted by molar-refractivity contribution is -0.117. The van der Waals surface area contributed by atoms with E-state index in [-0.39, 0.29) is 29.2 Å². The maximum atomic E-state index is 12.0. The van der Waals surface area contributed by atoms with Crippen LogP contribution >= 0.6 is 11.6 Å². The molecular weight excluding hydrogens is 380 g/mol. The maximum absolute atomic E-state index is 12.0. The van der Waals surface area contributed by atoms with Gasteiger partial charge in [-0.25, -0.2) is 9.97 Å². The lowest BCUT2D eigenvalue weighted by Crippen LogP contribution is -2.14. The van der Waals surface area contributed by atoms with Crippen molar-refractivity contribution in [2.24, 2.45) is 11.7 Å². The Kier molecular flexibility index (Phi) is 4.60. The van der Waals surface area contributed by atoms with Crippen LogP contribution in [0.15, 0.2) is 40.9 Å². The number of nitrogens with two attached hydrogens (primary N) is 1. The van der Waals surface area contributed by atoms with Crippen molar-refractivity contribution in [2.75, 3.05) is 5.32 Å². The number of anilines is 1. The zero-order chi connectivity index (χ0) is 19.8. The van der Waals surface area contributed by atoms with E-state index in [2.05, 4.69) is 15.3 Å². The molecule has 1 aliphatic carbocycles. The van der Waals surface area contributed by atoms with Crippen LogP contribution in [0.5, 0.6) is 0 Å². The van der Waals surface area contributed by atoms with E-state index in [1.807, 2.05) is 6.92 Å². The summed E-state index contributed by atoms with van der Waals surface area (Å²) < 4.78 is 5.89. The molecule has 1 saturated carbocycles. The molecule has 28 heavy (non-hydrogen) atoms. The summed E-state index contributed by atoms with van der Waals surface area (Å²) in [6, 6.07) is 8.63. The lowest BCUT2D eigenvalue weighted by Gasteiger charge is -2.07. The number of carbonyl (C=O) groups is 2. The Hall–Kier alpha value is -3.19. The predicted octanol–water partition coefficient (Wildman–Crippen LogP) is 3.81. The van der Waals surface area contributed by atoms with Gasteiger partial charge in [0.05, 0.1) is 5.02 Å². The Morgan fingerprint density at radius 1 is 1.25 bits per heavy atom. The van der Waals surface area contributed by atoms with E-state index in [1.165, 1.54) is 0 Å².